The molecule has 3 N–H and O–H groups in total. The molecule has 3 atom stereocenters. The lowest BCUT2D eigenvalue weighted by Crippen LogP contribution is -2.60. The molecule has 7 heteroatoms. The standard InChI is InChI=1S/C27H26N2O5/c30-21-11-7-17(8-12-21)14-22(26(33)29-27-13-3-6-24(27)34-16-23(27)31)28-25(32)20-10-9-18-4-1-2-5-19(18)15-20/h1-2,4-5,7-12,15,22,24,30H,3,6,13-14,16H2,(H,28,32)(H,29,33). The van der Waals surface area contributed by atoms with Gasteiger partial charge in [-0.2, -0.15) is 0 Å². The third-order valence-corrected chi connectivity index (χ3v) is 6.86. The maximum Gasteiger partial charge on any atom is 0.251 e. The van der Waals surface area contributed by atoms with Crippen molar-refractivity contribution in [2.45, 2.75) is 43.4 Å². The molecule has 0 spiro atoms. The predicted octanol–water partition coefficient (Wildman–Crippen LogP) is 2.89. The molecule has 0 aromatic heterocycles. The summed E-state index contributed by atoms with van der Waals surface area (Å²) in [6.45, 7) is -0.00295. The zero-order valence-electron chi connectivity index (χ0n) is 18.6. The number of rotatable bonds is 6. The summed E-state index contributed by atoms with van der Waals surface area (Å²) in [5.74, 6) is -0.800. The molecule has 1 saturated heterocycles. The van der Waals surface area contributed by atoms with Gasteiger partial charge in [-0.15, -0.1) is 0 Å². The highest BCUT2D eigenvalue weighted by Gasteiger charge is 2.55. The average molecular weight is 459 g/mol. The number of phenols is 1. The Morgan fingerprint density at radius 3 is 2.62 bits per heavy atom. The van der Waals surface area contributed by atoms with Crippen molar-refractivity contribution in [3.05, 3.63) is 77.9 Å². The lowest BCUT2D eigenvalue weighted by Gasteiger charge is -2.30. The van der Waals surface area contributed by atoms with E-state index in [2.05, 4.69) is 10.6 Å². The van der Waals surface area contributed by atoms with Crippen molar-refractivity contribution >= 4 is 28.4 Å². The largest absolute Gasteiger partial charge is 0.508 e. The Morgan fingerprint density at radius 1 is 1.06 bits per heavy atom. The lowest BCUT2D eigenvalue weighted by atomic mass is 9.91. The van der Waals surface area contributed by atoms with Crippen LogP contribution in [0.4, 0.5) is 0 Å². The van der Waals surface area contributed by atoms with E-state index in [1.54, 1.807) is 24.3 Å². The Balaban J connectivity index is 1.40. The van der Waals surface area contributed by atoms with Crippen LogP contribution in [0.3, 0.4) is 0 Å². The zero-order valence-corrected chi connectivity index (χ0v) is 18.6. The number of carbonyl (C=O) groups excluding carboxylic acids is 3. The fourth-order valence-corrected chi connectivity index (χ4v) is 4.99. The van der Waals surface area contributed by atoms with Gasteiger partial charge in [0.05, 0.1) is 6.10 Å². The molecule has 2 amide bonds. The van der Waals surface area contributed by atoms with Gasteiger partial charge in [-0.05, 0) is 59.9 Å². The zero-order chi connectivity index (χ0) is 23.7. The second-order valence-corrected chi connectivity index (χ2v) is 9.03. The maximum absolute atomic E-state index is 13.4. The van der Waals surface area contributed by atoms with Gasteiger partial charge in [0.25, 0.3) is 5.91 Å². The number of aromatic hydroxyl groups is 1. The lowest BCUT2D eigenvalue weighted by molar-refractivity contribution is -0.131. The molecule has 2 aliphatic rings. The molecule has 2 fully saturated rings. The van der Waals surface area contributed by atoms with Gasteiger partial charge in [-0.3, -0.25) is 14.4 Å². The van der Waals surface area contributed by atoms with Gasteiger partial charge in [0.15, 0.2) is 5.78 Å². The van der Waals surface area contributed by atoms with E-state index in [-0.39, 0.29) is 36.6 Å². The monoisotopic (exact) mass is 458 g/mol. The smallest absolute Gasteiger partial charge is 0.251 e. The van der Waals surface area contributed by atoms with Gasteiger partial charge in [-0.1, -0.05) is 42.5 Å². The molecule has 1 heterocycles. The van der Waals surface area contributed by atoms with Crippen molar-refractivity contribution in [1.29, 1.82) is 0 Å². The number of hydrogen-bond donors (Lipinski definition) is 3. The predicted molar refractivity (Wildman–Crippen MR) is 126 cm³/mol. The van der Waals surface area contributed by atoms with Gasteiger partial charge in [0.2, 0.25) is 5.91 Å². The van der Waals surface area contributed by atoms with Gasteiger partial charge in [-0.25, -0.2) is 0 Å². The summed E-state index contributed by atoms with van der Waals surface area (Å²) in [6.07, 6.45) is 1.93. The number of ketones is 1. The minimum absolute atomic E-state index is 0.00295. The van der Waals surface area contributed by atoms with Gasteiger partial charge < -0.3 is 20.5 Å². The van der Waals surface area contributed by atoms with E-state index in [1.165, 1.54) is 12.1 Å². The Morgan fingerprint density at radius 2 is 1.82 bits per heavy atom. The second kappa shape index (κ2) is 8.91. The Bertz CT molecular complexity index is 1260. The number of nitrogens with one attached hydrogen (secondary N) is 2. The van der Waals surface area contributed by atoms with E-state index in [1.807, 2.05) is 30.3 Å². The summed E-state index contributed by atoms with van der Waals surface area (Å²) in [5, 5.41) is 17.4. The van der Waals surface area contributed by atoms with Crippen molar-refractivity contribution in [3.8, 4) is 5.75 Å². The quantitative estimate of drug-likeness (QED) is 0.527. The number of carbonyl (C=O) groups is 3. The molecule has 3 unspecified atom stereocenters. The molecule has 5 rings (SSSR count). The topological polar surface area (TPSA) is 105 Å². The van der Waals surface area contributed by atoms with Crippen LogP contribution < -0.4 is 10.6 Å². The van der Waals surface area contributed by atoms with Crippen LogP contribution in [0.2, 0.25) is 0 Å². The number of benzene rings is 3. The van der Waals surface area contributed by atoms with E-state index in [4.69, 9.17) is 4.74 Å². The van der Waals surface area contributed by atoms with E-state index < -0.39 is 17.5 Å². The van der Waals surface area contributed by atoms with Crippen molar-refractivity contribution in [3.63, 3.8) is 0 Å². The molecule has 1 saturated carbocycles. The van der Waals surface area contributed by atoms with E-state index >= 15 is 0 Å². The number of phenolic OH excluding ortho intramolecular Hbond substituents is 1. The molecule has 1 aliphatic heterocycles. The maximum atomic E-state index is 13.4. The number of amides is 2. The Kier molecular flexibility index (Phi) is 5.79. The van der Waals surface area contributed by atoms with Crippen LogP contribution in [0.5, 0.6) is 5.75 Å². The normalized spacial score (nSPS) is 22.4. The number of ether oxygens (including phenoxy) is 1. The van der Waals surface area contributed by atoms with E-state index in [0.29, 0.717) is 12.0 Å². The van der Waals surface area contributed by atoms with Crippen LogP contribution in [-0.2, 0) is 20.7 Å². The van der Waals surface area contributed by atoms with E-state index in [0.717, 1.165) is 29.2 Å². The van der Waals surface area contributed by atoms with Crippen LogP contribution in [-0.4, -0.2) is 47.0 Å². The Hall–Kier alpha value is -3.71. The molecule has 1 aliphatic carbocycles. The number of hydrogen-bond acceptors (Lipinski definition) is 5. The molecule has 0 radical (unpaired) electrons. The van der Waals surface area contributed by atoms with E-state index in [9.17, 15) is 19.5 Å². The molecule has 174 valence electrons. The van der Waals surface area contributed by atoms with Crippen LogP contribution in [0.15, 0.2) is 66.7 Å². The highest BCUT2D eigenvalue weighted by Crippen LogP contribution is 2.37. The molecular weight excluding hydrogens is 432 g/mol. The molecule has 7 nitrogen and oxygen atoms in total. The van der Waals surface area contributed by atoms with Crippen LogP contribution >= 0.6 is 0 Å². The average Bonchev–Trinajstić information content (AvgIpc) is 3.38. The fraction of sp³-hybridized carbons (Fsp3) is 0.296. The van der Waals surface area contributed by atoms with Crippen molar-refractivity contribution in [2.24, 2.45) is 0 Å². The number of Topliss-reactive ketones (excluding diaryl/α,β-unsaturated/α-hetero) is 1. The van der Waals surface area contributed by atoms with Crippen molar-refractivity contribution in [1.82, 2.24) is 10.6 Å². The first-order chi connectivity index (χ1) is 16.4. The van der Waals surface area contributed by atoms with Crippen LogP contribution in [0.1, 0.15) is 35.2 Å². The summed E-state index contributed by atoms with van der Waals surface area (Å²) < 4.78 is 5.62. The molecule has 3 aromatic carbocycles. The molecule has 0 bridgehead atoms. The van der Waals surface area contributed by atoms with Crippen molar-refractivity contribution in [2.75, 3.05) is 6.61 Å². The summed E-state index contributed by atoms with van der Waals surface area (Å²) in [5.41, 5.74) is 0.198. The van der Waals surface area contributed by atoms with Crippen LogP contribution in [0.25, 0.3) is 10.8 Å². The van der Waals surface area contributed by atoms with Gasteiger partial charge in [0.1, 0.15) is 23.9 Å². The fourth-order valence-electron chi connectivity index (χ4n) is 4.99. The van der Waals surface area contributed by atoms with Gasteiger partial charge >= 0.3 is 0 Å². The summed E-state index contributed by atoms with van der Waals surface area (Å²) in [7, 11) is 0. The highest BCUT2D eigenvalue weighted by molar-refractivity contribution is 6.02. The summed E-state index contributed by atoms with van der Waals surface area (Å²) in [6, 6.07) is 18.7. The highest BCUT2D eigenvalue weighted by atomic mass is 16.5. The Labute approximate surface area is 197 Å². The minimum atomic E-state index is -1.02. The SMILES string of the molecule is O=C(NC(Cc1ccc(O)cc1)C(=O)NC12CCCC1OCC2=O)c1ccc2ccccc2c1. The van der Waals surface area contributed by atoms with Crippen LogP contribution in [0, 0.1) is 0 Å². The first-order valence-electron chi connectivity index (χ1n) is 11.5. The second-order valence-electron chi connectivity index (χ2n) is 9.03. The molecular formula is C27H26N2O5. The van der Waals surface area contributed by atoms with Crippen molar-refractivity contribution < 1.29 is 24.2 Å². The summed E-state index contributed by atoms with van der Waals surface area (Å²) in [4.78, 5) is 39.2. The number of fused-ring (bicyclic) bond motifs is 2. The molecule has 3 aromatic rings. The third kappa shape index (κ3) is 4.15. The van der Waals surface area contributed by atoms with Gasteiger partial charge in [0, 0.05) is 12.0 Å². The molecule has 34 heavy (non-hydrogen) atoms. The first-order valence-corrected chi connectivity index (χ1v) is 11.5. The summed E-state index contributed by atoms with van der Waals surface area (Å²) >= 11 is 0. The first kappa shape index (κ1) is 22.1. The third-order valence-electron chi connectivity index (χ3n) is 6.86. The minimum Gasteiger partial charge on any atom is -0.508 e.